The fraction of sp³-hybridized carbons (Fsp3) is 0.269. The molecule has 1 N–H and O–H groups in total. The Kier molecular flexibility index (Phi) is 7.51. The molecule has 2 heterocycles. The molecule has 0 fully saturated rings. The Hall–Kier alpha value is -3.56. The van der Waals surface area contributed by atoms with Crippen LogP contribution in [0.3, 0.4) is 0 Å². The van der Waals surface area contributed by atoms with Gasteiger partial charge in [-0.1, -0.05) is 29.0 Å². The Labute approximate surface area is 216 Å². The number of methoxy groups -OCH3 is 1. The average Bonchev–Trinajstić information content (AvgIpc) is 3.15. The minimum Gasteiger partial charge on any atom is -0.507 e. The molecule has 3 aromatic rings. The second kappa shape index (κ2) is 10.6. The third kappa shape index (κ3) is 4.76. The van der Waals surface area contributed by atoms with Gasteiger partial charge in [-0.05, 0) is 62.7 Å². The minimum atomic E-state index is -0.805. The van der Waals surface area contributed by atoms with E-state index < -0.39 is 12.0 Å². The standard InChI is InChI=1S/C26H25ClN2O6S/c1-5-34-20-12-15(7-10-19(20)33-4)23-22(25(32)35-6-2)14(3)28-26-29(23)24(31)21(36-26)13-16-11-17(27)8-9-18(16)30/h7-13,23,30H,5-6H2,1-4H3/b21-13-/t23-/m0/s1. The number of phenols is 1. The van der Waals surface area contributed by atoms with Crippen molar-refractivity contribution < 1.29 is 24.1 Å². The van der Waals surface area contributed by atoms with E-state index in [0.29, 0.717) is 49.3 Å². The summed E-state index contributed by atoms with van der Waals surface area (Å²) in [5.41, 5.74) is 1.37. The van der Waals surface area contributed by atoms with Crippen LogP contribution in [0.15, 0.2) is 57.5 Å². The molecule has 2 aromatic carbocycles. The predicted octanol–water partition coefficient (Wildman–Crippen LogP) is 3.56. The molecule has 1 atom stereocenters. The molecular weight excluding hydrogens is 504 g/mol. The molecule has 4 rings (SSSR count). The number of carbonyl (C=O) groups is 1. The highest BCUT2D eigenvalue weighted by Crippen LogP contribution is 2.36. The Morgan fingerprint density at radius 2 is 1.97 bits per heavy atom. The molecule has 10 heteroatoms. The number of ether oxygens (including phenoxy) is 3. The summed E-state index contributed by atoms with van der Waals surface area (Å²) < 4.78 is 18.3. The van der Waals surface area contributed by atoms with Crippen molar-refractivity contribution in [2.24, 2.45) is 4.99 Å². The first-order valence-electron chi connectivity index (χ1n) is 11.3. The number of hydrogen-bond acceptors (Lipinski definition) is 8. The van der Waals surface area contributed by atoms with E-state index in [9.17, 15) is 14.7 Å². The second-order valence-corrected chi connectivity index (χ2v) is 9.29. The summed E-state index contributed by atoms with van der Waals surface area (Å²) in [5.74, 6) is 0.449. The first kappa shape index (κ1) is 25.5. The lowest BCUT2D eigenvalue weighted by Gasteiger charge is -2.25. The van der Waals surface area contributed by atoms with Gasteiger partial charge >= 0.3 is 5.97 Å². The van der Waals surface area contributed by atoms with Crippen LogP contribution < -0.4 is 24.4 Å². The van der Waals surface area contributed by atoms with Gasteiger partial charge in [-0.2, -0.15) is 0 Å². The summed E-state index contributed by atoms with van der Waals surface area (Å²) in [4.78, 5) is 31.7. The van der Waals surface area contributed by atoms with E-state index in [1.165, 1.54) is 10.6 Å². The molecule has 0 spiro atoms. The van der Waals surface area contributed by atoms with Crippen molar-refractivity contribution in [1.29, 1.82) is 0 Å². The molecule has 0 radical (unpaired) electrons. The van der Waals surface area contributed by atoms with E-state index in [1.54, 1.807) is 57.4 Å². The molecule has 1 aliphatic heterocycles. The van der Waals surface area contributed by atoms with E-state index in [-0.39, 0.29) is 23.5 Å². The number of phenolic OH excluding ortho intramolecular Hbond substituents is 1. The molecule has 1 aromatic heterocycles. The largest absolute Gasteiger partial charge is 0.507 e. The number of benzene rings is 2. The van der Waals surface area contributed by atoms with E-state index in [1.807, 2.05) is 6.92 Å². The van der Waals surface area contributed by atoms with Crippen molar-refractivity contribution in [2.75, 3.05) is 20.3 Å². The van der Waals surface area contributed by atoms with Crippen molar-refractivity contribution in [1.82, 2.24) is 4.57 Å². The van der Waals surface area contributed by atoms with Gasteiger partial charge in [0.05, 0.1) is 42.2 Å². The topological polar surface area (TPSA) is 99.4 Å². The number of rotatable bonds is 7. The lowest BCUT2D eigenvalue weighted by Crippen LogP contribution is -2.40. The monoisotopic (exact) mass is 528 g/mol. The minimum absolute atomic E-state index is 0.0123. The quantitative estimate of drug-likeness (QED) is 0.471. The number of esters is 1. The number of aromatic nitrogens is 1. The summed E-state index contributed by atoms with van der Waals surface area (Å²) in [6.45, 7) is 5.87. The van der Waals surface area contributed by atoms with Gasteiger partial charge in [-0.15, -0.1) is 0 Å². The zero-order valence-corrected chi connectivity index (χ0v) is 21.8. The van der Waals surface area contributed by atoms with Crippen LogP contribution in [-0.4, -0.2) is 36.0 Å². The van der Waals surface area contributed by atoms with Crippen LogP contribution in [0.1, 0.15) is 37.9 Å². The maximum atomic E-state index is 13.7. The normalized spacial score (nSPS) is 15.4. The Bertz CT molecular complexity index is 1540. The van der Waals surface area contributed by atoms with Crippen LogP contribution >= 0.6 is 22.9 Å². The van der Waals surface area contributed by atoms with Crippen LogP contribution in [0.5, 0.6) is 17.2 Å². The summed E-state index contributed by atoms with van der Waals surface area (Å²) in [7, 11) is 1.54. The maximum absolute atomic E-state index is 13.7. The summed E-state index contributed by atoms with van der Waals surface area (Å²) >= 11 is 7.24. The highest BCUT2D eigenvalue weighted by Gasteiger charge is 2.34. The van der Waals surface area contributed by atoms with E-state index in [4.69, 9.17) is 25.8 Å². The van der Waals surface area contributed by atoms with E-state index >= 15 is 0 Å². The molecule has 1 aliphatic rings. The molecule has 0 bridgehead atoms. The Morgan fingerprint density at radius 3 is 2.67 bits per heavy atom. The predicted molar refractivity (Wildman–Crippen MR) is 138 cm³/mol. The molecule has 0 amide bonds. The first-order chi connectivity index (χ1) is 17.3. The van der Waals surface area contributed by atoms with Gasteiger partial charge in [-0.3, -0.25) is 9.36 Å². The second-order valence-electron chi connectivity index (χ2n) is 7.85. The Morgan fingerprint density at radius 1 is 1.19 bits per heavy atom. The zero-order chi connectivity index (χ0) is 26.0. The number of fused-ring (bicyclic) bond motifs is 1. The van der Waals surface area contributed by atoms with Crippen molar-refractivity contribution in [3.8, 4) is 17.2 Å². The number of thiazole rings is 1. The van der Waals surface area contributed by atoms with Crippen LogP contribution in [0.4, 0.5) is 0 Å². The molecule has 0 aliphatic carbocycles. The molecular formula is C26H25ClN2O6S. The average molecular weight is 529 g/mol. The lowest BCUT2D eigenvalue weighted by atomic mass is 9.95. The highest BCUT2D eigenvalue weighted by molar-refractivity contribution is 7.07. The Balaban J connectivity index is 1.98. The number of nitrogens with zero attached hydrogens (tertiary/aromatic N) is 2. The molecule has 0 saturated carbocycles. The molecule has 0 unspecified atom stereocenters. The van der Waals surface area contributed by atoms with Gasteiger partial charge in [0.15, 0.2) is 16.3 Å². The van der Waals surface area contributed by atoms with Gasteiger partial charge < -0.3 is 19.3 Å². The summed E-state index contributed by atoms with van der Waals surface area (Å²) in [6, 6.07) is 9.06. The lowest BCUT2D eigenvalue weighted by molar-refractivity contribution is -0.139. The van der Waals surface area contributed by atoms with Gasteiger partial charge in [-0.25, -0.2) is 9.79 Å². The number of allylic oxidation sites excluding steroid dienone is 1. The number of carbonyl (C=O) groups excluding carboxylic acids is 1. The van der Waals surface area contributed by atoms with Crippen LogP contribution in [0, 0.1) is 0 Å². The van der Waals surface area contributed by atoms with E-state index in [0.717, 1.165) is 11.3 Å². The van der Waals surface area contributed by atoms with Crippen molar-refractivity contribution in [3.05, 3.63) is 83.5 Å². The molecule has 36 heavy (non-hydrogen) atoms. The fourth-order valence-corrected chi connectivity index (χ4v) is 5.24. The van der Waals surface area contributed by atoms with Gasteiger partial charge in [0.1, 0.15) is 5.75 Å². The van der Waals surface area contributed by atoms with Crippen LogP contribution in [0.25, 0.3) is 6.08 Å². The van der Waals surface area contributed by atoms with Crippen LogP contribution in [-0.2, 0) is 9.53 Å². The molecule has 0 saturated heterocycles. The highest BCUT2D eigenvalue weighted by atomic mass is 35.5. The SMILES string of the molecule is CCOC(=O)C1=C(C)N=c2s/c(=C\c3cc(Cl)ccc3O)c(=O)n2[C@H]1c1ccc(OC)c(OCC)c1. The molecule has 188 valence electrons. The maximum Gasteiger partial charge on any atom is 0.338 e. The van der Waals surface area contributed by atoms with Gasteiger partial charge in [0.25, 0.3) is 5.56 Å². The van der Waals surface area contributed by atoms with Gasteiger partial charge in [0, 0.05) is 10.6 Å². The first-order valence-corrected chi connectivity index (χ1v) is 12.5. The number of hydrogen-bond donors (Lipinski definition) is 1. The third-order valence-electron chi connectivity index (χ3n) is 5.60. The fourth-order valence-electron chi connectivity index (χ4n) is 4.02. The smallest absolute Gasteiger partial charge is 0.338 e. The summed E-state index contributed by atoms with van der Waals surface area (Å²) in [6.07, 6.45) is 1.56. The van der Waals surface area contributed by atoms with Crippen molar-refractivity contribution in [3.63, 3.8) is 0 Å². The molecule has 8 nitrogen and oxygen atoms in total. The zero-order valence-electron chi connectivity index (χ0n) is 20.2. The third-order valence-corrected chi connectivity index (χ3v) is 6.81. The number of aromatic hydroxyl groups is 1. The van der Waals surface area contributed by atoms with Crippen LogP contribution in [0.2, 0.25) is 5.02 Å². The van der Waals surface area contributed by atoms with Crippen molar-refractivity contribution in [2.45, 2.75) is 26.8 Å². The van der Waals surface area contributed by atoms with Gasteiger partial charge in [0.2, 0.25) is 0 Å². The number of halogens is 1. The van der Waals surface area contributed by atoms with E-state index in [2.05, 4.69) is 4.99 Å². The summed E-state index contributed by atoms with van der Waals surface area (Å²) in [5, 5.41) is 10.7. The van der Waals surface area contributed by atoms with Crippen molar-refractivity contribution >= 4 is 35.0 Å².